The van der Waals surface area contributed by atoms with Crippen LogP contribution >= 0.6 is 27.3 Å². The van der Waals surface area contributed by atoms with E-state index in [0.29, 0.717) is 11.2 Å². The molecule has 3 aromatic rings. The second-order valence-corrected chi connectivity index (χ2v) is 5.98. The molecule has 104 valence electrons. The second-order valence-electron chi connectivity index (χ2n) is 4.55. The maximum atomic E-state index is 5.92. The lowest BCUT2D eigenvalue weighted by Gasteiger charge is -2.05. The van der Waals surface area contributed by atoms with Crippen LogP contribution in [0.1, 0.15) is 24.6 Å². The Balaban J connectivity index is 1.86. The van der Waals surface area contributed by atoms with Gasteiger partial charge in [0.2, 0.25) is 5.88 Å². The number of aryl methyl sites for hydroxylation is 1. The molecule has 0 spiro atoms. The summed E-state index contributed by atoms with van der Waals surface area (Å²) in [5.74, 6) is 1.51. The largest absolute Gasteiger partial charge is 0.437 e. The summed E-state index contributed by atoms with van der Waals surface area (Å²) in [5.41, 5.74) is 2.38. The molecule has 0 saturated carbocycles. The van der Waals surface area contributed by atoms with Crippen LogP contribution in [0.4, 0.5) is 0 Å². The third-order valence-corrected chi connectivity index (χ3v) is 4.42. The number of aromatic nitrogens is 2. The molecule has 0 aliphatic heterocycles. The van der Waals surface area contributed by atoms with Crippen LogP contribution in [0, 0.1) is 0 Å². The van der Waals surface area contributed by atoms with Gasteiger partial charge < -0.3 is 4.74 Å². The lowest BCUT2D eigenvalue weighted by Crippen LogP contribution is -1.91. The molecule has 3 nitrogen and oxygen atoms in total. The summed E-state index contributed by atoms with van der Waals surface area (Å²) in [6.45, 7) is 2.19. The predicted octanol–water partition coefficient (Wildman–Crippen LogP) is 5.04. The highest BCUT2D eigenvalue weighted by molar-refractivity contribution is 9.08. The Morgan fingerprint density at radius 1 is 1.30 bits per heavy atom. The first-order valence-electron chi connectivity index (χ1n) is 6.59. The number of ether oxygens (including phenoxy) is 1. The molecular formula is C15H15BrN2OS. The molecule has 0 aliphatic carbocycles. The van der Waals surface area contributed by atoms with Crippen LogP contribution < -0.4 is 4.74 Å². The summed E-state index contributed by atoms with van der Waals surface area (Å²) < 4.78 is 7.98. The number of fused-ring (bicyclic) bond motifs is 1. The third kappa shape index (κ3) is 2.60. The van der Waals surface area contributed by atoms with E-state index in [0.717, 1.165) is 29.2 Å². The van der Waals surface area contributed by atoms with Crippen molar-refractivity contribution in [3.63, 3.8) is 0 Å². The topological polar surface area (TPSA) is 26.5 Å². The number of nitrogens with zero attached hydrogens (tertiary/aromatic N) is 2. The van der Waals surface area contributed by atoms with Crippen LogP contribution in [0.15, 0.2) is 35.8 Å². The Kier molecular flexibility index (Phi) is 4.08. The molecule has 20 heavy (non-hydrogen) atoms. The van der Waals surface area contributed by atoms with Gasteiger partial charge in [0, 0.05) is 16.9 Å². The lowest BCUT2D eigenvalue weighted by molar-refractivity contribution is 0.461. The molecule has 5 heteroatoms. The van der Waals surface area contributed by atoms with Gasteiger partial charge in [-0.05, 0) is 24.1 Å². The van der Waals surface area contributed by atoms with Crippen molar-refractivity contribution in [3.05, 3.63) is 47.1 Å². The van der Waals surface area contributed by atoms with Crippen LogP contribution in [0.25, 0.3) is 4.96 Å². The number of hydrogen-bond donors (Lipinski definition) is 0. The van der Waals surface area contributed by atoms with Crippen molar-refractivity contribution in [2.75, 3.05) is 0 Å². The van der Waals surface area contributed by atoms with Crippen LogP contribution in [0.3, 0.4) is 0 Å². The van der Waals surface area contributed by atoms with E-state index in [2.05, 4.69) is 44.4 Å². The zero-order valence-electron chi connectivity index (χ0n) is 11.2. The van der Waals surface area contributed by atoms with E-state index in [9.17, 15) is 0 Å². The van der Waals surface area contributed by atoms with Crippen molar-refractivity contribution < 1.29 is 4.74 Å². The maximum absolute atomic E-state index is 5.92. The molecule has 3 rings (SSSR count). The average Bonchev–Trinajstić information content (AvgIpc) is 3.01. The number of imidazole rings is 1. The zero-order chi connectivity index (χ0) is 13.9. The Morgan fingerprint density at radius 3 is 2.80 bits per heavy atom. The van der Waals surface area contributed by atoms with Gasteiger partial charge in [0.25, 0.3) is 0 Å². The van der Waals surface area contributed by atoms with E-state index >= 15 is 0 Å². The van der Waals surface area contributed by atoms with Gasteiger partial charge in [0.15, 0.2) is 4.96 Å². The molecule has 0 atom stereocenters. The first-order valence-corrected chi connectivity index (χ1v) is 8.59. The SMILES string of the molecule is CCCc1ccc(Oc2nc3sccn3c2CBr)cc1. The lowest BCUT2D eigenvalue weighted by atomic mass is 10.1. The maximum Gasteiger partial charge on any atom is 0.243 e. The summed E-state index contributed by atoms with van der Waals surface area (Å²) in [6, 6.07) is 8.25. The first-order chi connectivity index (χ1) is 9.81. The van der Waals surface area contributed by atoms with E-state index in [1.807, 2.05) is 23.7 Å². The Hall–Kier alpha value is -1.33. The van der Waals surface area contributed by atoms with Crippen LogP contribution in [0.2, 0.25) is 0 Å². The predicted molar refractivity (Wildman–Crippen MR) is 86.2 cm³/mol. The molecule has 2 aromatic heterocycles. The second kappa shape index (κ2) is 5.97. The number of halogens is 1. The van der Waals surface area contributed by atoms with Gasteiger partial charge in [-0.1, -0.05) is 41.4 Å². The average molecular weight is 351 g/mol. The smallest absolute Gasteiger partial charge is 0.243 e. The Morgan fingerprint density at radius 2 is 2.10 bits per heavy atom. The molecule has 0 bridgehead atoms. The minimum atomic E-state index is 0.678. The van der Waals surface area contributed by atoms with E-state index in [1.54, 1.807) is 11.3 Å². The van der Waals surface area contributed by atoms with Crippen molar-refractivity contribution in [1.82, 2.24) is 9.38 Å². The van der Waals surface area contributed by atoms with Gasteiger partial charge >= 0.3 is 0 Å². The number of rotatable bonds is 5. The molecule has 0 N–H and O–H groups in total. The molecule has 1 aromatic carbocycles. The van der Waals surface area contributed by atoms with Crippen molar-refractivity contribution in [2.24, 2.45) is 0 Å². The van der Waals surface area contributed by atoms with Gasteiger partial charge in [-0.2, -0.15) is 4.98 Å². The minimum absolute atomic E-state index is 0.678. The molecular weight excluding hydrogens is 336 g/mol. The molecule has 0 saturated heterocycles. The van der Waals surface area contributed by atoms with Gasteiger partial charge in [0.1, 0.15) is 5.75 Å². The summed E-state index contributed by atoms with van der Waals surface area (Å²) in [5, 5.41) is 2.74. The van der Waals surface area contributed by atoms with E-state index in [4.69, 9.17) is 4.74 Å². The molecule has 0 unspecified atom stereocenters. The van der Waals surface area contributed by atoms with Crippen LogP contribution in [-0.4, -0.2) is 9.38 Å². The summed E-state index contributed by atoms with van der Waals surface area (Å²) >= 11 is 5.11. The number of hydrogen-bond acceptors (Lipinski definition) is 3. The highest BCUT2D eigenvalue weighted by Gasteiger charge is 2.14. The normalized spacial score (nSPS) is 11.1. The van der Waals surface area contributed by atoms with Crippen molar-refractivity contribution >= 4 is 32.2 Å². The van der Waals surface area contributed by atoms with Gasteiger partial charge in [-0.25, -0.2) is 0 Å². The highest BCUT2D eigenvalue weighted by Crippen LogP contribution is 2.29. The molecule has 0 aliphatic rings. The van der Waals surface area contributed by atoms with E-state index < -0.39 is 0 Å². The van der Waals surface area contributed by atoms with Crippen LogP contribution in [0.5, 0.6) is 11.6 Å². The van der Waals surface area contributed by atoms with Crippen molar-refractivity contribution in [1.29, 1.82) is 0 Å². The fraction of sp³-hybridized carbons (Fsp3) is 0.267. The standard InChI is InChI=1S/C15H15BrN2OS/c1-2-3-11-4-6-12(7-5-11)19-14-13(10-16)18-8-9-20-15(18)17-14/h4-9H,2-3,10H2,1H3. The molecule has 0 radical (unpaired) electrons. The number of thiazole rings is 1. The molecule has 2 heterocycles. The number of alkyl halides is 1. The fourth-order valence-corrected chi connectivity index (χ4v) is 3.38. The highest BCUT2D eigenvalue weighted by atomic mass is 79.9. The fourth-order valence-electron chi connectivity index (χ4n) is 2.14. The van der Waals surface area contributed by atoms with Gasteiger partial charge in [-0.15, -0.1) is 11.3 Å². The summed E-state index contributed by atoms with van der Waals surface area (Å²) in [6.07, 6.45) is 4.28. The number of benzene rings is 1. The van der Waals surface area contributed by atoms with Crippen molar-refractivity contribution in [3.8, 4) is 11.6 Å². The summed E-state index contributed by atoms with van der Waals surface area (Å²) in [4.78, 5) is 5.48. The zero-order valence-corrected chi connectivity index (χ0v) is 13.6. The van der Waals surface area contributed by atoms with Crippen LogP contribution in [-0.2, 0) is 11.8 Å². The first kappa shape index (κ1) is 13.6. The van der Waals surface area contributed by atoms with Gasteiger partial charge in [-0.3, -0.25) is 4.40 Å². The van der Waals surface area contributed by atoms with Gasteiger partial charge in [0.05, 0.1) is 5.69 Å². The molecule has 0 amide bonds. The monoisotopic (exact) mass is 350 g/mol. The summed E-state index contributed by atoms with van der Waals surface area (Å²) in [7, 11) is 0. The molecule has 0 fully saturated rings. The van der Waals surface area contributed by atoms with E-state index in [1.165, 1.54) is 5.56 Å². The van der Waals surface area contributed by atoms with E-state index in [-0.39, 0.29) is 0 Å². The Bertz CT molecular complexity index is 702. The van der Waals surface area contributed by atoms with Crippen molar-refractivity contribution in [2.45, 2.75) is 25.1 Å². The minimum Gasteiger partial charge on any atom is -0.437 e. The Labute approximate surface area is 130 Å². The third-order valence-electron chi connectivity index (χ3n) is 3.13. The quantitative estimate of drug-likeness (QED) is 0.603.